The Balaban J connectivity index is 1.42. The molecule has 7 aromatic rings. The number of pyridine rings is 1. The Morgan fingerprint density at radius 2 is 0.842 bits per heavy atom. The molecule has 2 aromatic heterocycles. The van der Waals surface area contributed by atoms with Crippen molar-refractivity contribution in [3.8, 4) is 45.4 Å². The van der Waals surface area contributed by atoms with E-state index in [1.165, 1.54) is 10.8 Å². The largest absolute Gasteiger partial charge is 0.256 e. The summed E-state index contributed by atoms with van der Waals surface area (Å²) < 4.78 is 0. The summed E-state index contributed by atoms with van der Waals surface area (Å²) in [7, 11) is 0. The van der Waals surface area contributed by atoms with Gasteiger partial charge in [0.1, 0.15) is 0 Å². The standard InChI is InChI=1S/C34H22N4/c1-3-10-25-20-29(17-15-23(25)8-1)33-36-32(28-13-7-12-27(22-28)31-14-5-6-19-35-31)37-34(38-33)30-18-16-24-9-2-4-11-26(24)21-30/h1-22H. The first-order valence-corrected chi connectivity index (χ1v) is 12.6. The normalized spacial score (nSPS) is 11.2. The lowest BCUT2D eigenvalue weighted by molar-refractivity contribution is 1.07. The zero-order chi connectivity index (χ0) is 25.3. The Hall–Kier alpha value is -5.22. The van der Waals surface area contributed by atoms with Crippen LogP contribution in [0.4, 0.5) is 0 Å². The van der Waals surface area contributed by atoms with Gasteiger partial charge < -0.3 is 0 Å². The summed E-state index contributed by atoms with van der Waals surface area (Å²) >= 11 is 0. The van der Waals surface area contributed by atoms with Gasteiger partial charge in [-0.3, -0.25) is 4.98 Å². The molecule has 0 saturated heterocycles. The van der Waals surface area contributed by atoms with Crippen molar-refractivity contribution in [1.29, 1.82) is 0 Å². The number of benzene rings is 5. The fraction of sp³-hybridized carbons (Fsp3) is 0. The number of hydrogen-bond donors (Lipinski definition) is 0. The fourth-order valence-corrected chi connectivity index (χ4v) is 4.77. The molecule has 0 amide bonds. The molecule has 4 heteroatoms. The first-order chi connectivity index (χ1) is 18.8. The van der Waals surface area contributed by atoms with E-state index >= 15 is 0 Å². The predicted molar refractivity (Wildman–Crippen MR) is 154 cm³/mol. The molecular formula is C34H22N4. The second kappa shape index (κ2) is 9.34. The number of nitrogens with zero attached hydrogens (tertiary/aromatic N) is 4. The number of fused-ring (bicyclic) bond motifs is 2. The quantitative estimate of drug-likeness (QED) is 0.251. The first-order valence-electron chi connectivity index (χ1n) is 12.6. The molecule has 0 saturated carbocycles. The van der Waals surface area contributed by atoms with E-state index in [0.717, 1.165) is 38.7 Å². The SMILES string of the molecule is c1ccc(-c2cccc(-c3nc(-c4ccc5ccccc5c4)nc(-c4ccc5ccccc5c4)n3)c2)nc1. The Bertz CT molecular complexity index is 1830. The maximum Gasteiger partial charge on any atom is 0.164 e. The molecule has 0 fully saturated rings. The Kier molecular flexibility index (Phi) is 5.41. The maximum absolute atomic E-state index is 4.96. The van der Waals surface area contributed by atoms with Gasteiger partial charge >= 0.3 is 0 Å². The second-order valence-corrected chi connectivity index (χ2v) is 9.23. The van der Waals surface area contributed by atoms with Gasteiger partial charge in [0.15, 0.2) is 17.5 Å². The van der Waals surface area contributed by atoms with Gasteiger partial charge in [-0.15, -0.1) is 0 Å². The van der Waals surface area contributed by atoms with E-state index in [9.17, 15) is 0 Å². The fourth-order valence-electron chi connectivity index (χ4n) is 4.77. The minimum Gasteiger partial charge on any atom is -0.256 e. The second-order valence-electron chi connectivity index (χ2n) is 9.23. The van der Waals surface area contributed by atoms with Gasteiger partial charge in [0.2, 0.25) is 0 Å². The van der Waals surface area contributed by atoms with E-state index in [1.807, 2.05) is 30.3 Å². The highest BCUT2D eigenvalue weighted by Crippen LogP contribution is 2.30. The van der Waals surface area contributed by atoms with Crippen LogP contribution in [0.15, 0.2) is 134 Å². The number of aromatic nitrogens is 4. The molecule has 0 aliphatic carbocycles. The third-order valence-electron chi connectivity index (χ3n) is 6.73. The minimum atomic E-state index is 0.629. The van der Waals surface area contributed by atoms with Crippen LogP contribution in [0.5, 0.6) is 0 Å². The van der Waals surface area contributed by atoms with Crippen LogP contribution in [0.1, 0.15) is 0 Å². The van der Waals surface area contributed by atoms with Gasteiger partial charge in [-0.1, -0.05) is 97.1 Å². The molecule has 0 aliphatic rings. The van der Waals surface area contributed by atoms with Crippen LogP contribution in [0.25, 0.3) is 67.0 Å². The average Bonchev–Trinajstić information content (AvgIpc) is 3.01. The highest BCUT2D eigenvalue weighted by Gasteiger charge is 2.14. The van der Waals surface area contributed by atoms with Gasteiger partial charge in [0, 0.05) is 28.5 Å². The van der Waals surface area contributed by atoms with Crippen molar-refractivity contribution in [3.63, 3.8) is 0 Å². The molecule has 4 nitrogen and oxygen atoms in total. The lowest BCUT2D eigenvalue weighted by Gasteiger charge is -2.10. The van der Waals surface area contributed by atoms with E-state index in [1.54, 1.807) is 6.20 Å². The summed E-state index contributed by atoms with van der Waals surface area (Å²) in [6.07, 6.45) is 1.81. The summed E-state index contributed by atoms with van der Waals surface area (Å²) in [6, 6.07) is 43.5. The lowest BCUT2D eigenvalue weighted by atomic mass is 10.0. The smallest absolute Gasteiger partial charge is 0.164 e. The summed E-state index contributed by atoms with van der Waals surface area (Å²) in [5.41, 5.74) is 4.75. The van der Waals surface area contributed by atoms with Crippen molar-refractivity contribution in [3.05, 3.63) is 134 Å². The van der Waals surface area contributed by atoms with E-state index in [4.69, 9.17) is 15.0 Å². The van der Waals surface area contributed by atoms with Gasteiger partial charge in [-0.25, -0.2) is 15.0 Å². The molecule has 2 heterocycles. The topological polar surface area (TPSA) is 51.6 Å². The average molecular weight is 487 g/mol. The zero-order valence-electron chi connectivity index (χ0n) is 20.5. The molecule has 0 spiro atoms. The van der Waals surface area contributed by atoms with Crippen molar-refractivity contribution in [1.82, 2.24) is 19.9 Å². The number of rotatable bonds is 4. The van der Waals surface area contributed by atoms with Crippen molar-refractivity contribution in [2.45, 2.75) is 0 Å². The predicted octanol–water partition coefficient (Wildman–Crippen LogP) is 8.24. The van der Waals surface area contributed by atoms with E-state index in [-0.39, 0.29) is 0 Å². The van der Waals surface area contributed by atoms with E-state index in [2.05, 4.69) is 102 Å². The van der Waals surface area contributed by atoms with Crippen LogP contribution < -0.4 is 0 Å². The molecule has 5 aromatic carbocycles. The van der Waals surface area contributed by atoms with Crippen LogP contribution in [0, 0.1) is 0 Å². The Morgan fingerprint density at radius 3 is 1.39 bits per heavy atom. The summed E-state index contributed by atoms with van der Waals surface area (Å²) in [6.45, 7) is 0. The maximum atomic E-state index is 4.96. The third-order valence-corrected chi connectivity index (χ3v) is 6.73. The van der Waals surface area contributed by atoms with E-state index < -0.39 is 0 Å². The molecular weight excluding hydrogens is 464 g/mol. The molecule has 0 bridgehead atoms. The van der Waals surface area contributed by atoms with Crippen molar-refractivity contribution in [2.75, 3.05) is 0 Å². The monoisotopic (exact) mass is 486 g/mol. The molecule has 178 valence electrons. The highest BCUT2D eigenvalue weighted by atomic mass is 15.0. The summed E-state index contributed by atoms with van der Waals surface area (Å²) in [5, 5.41) is 4.67. The molecule has 38 heavy (non-hydrogen) atoms. The Labute approximate surface area is 220 Å². The van der Waals surface area contributed by atoms with Gasteiger partial charge in [-0.2, -0.15) is 0 Å². The molecule has 0 unspecified atom stereocenters. The molecule has 7 rings (SSSR count). The van der Waals surface area contributed by atoms with Crippen molar-refractivity contribution in [2.24, 2.45) is 0 Å². The summed E-state index contributed by atoms with van der Waals surface area (Å²) in [4.78, 5) is 19.4. The molecule has 0 radical (unpaired) electrons. The van der Waals surface area contributed by atoms with Crippen LogP contribution >= 0.6 is 0 Å². The van der Waals surface area contributed by atoms with Gasteiger partial charge in [0.25, 0.3) is 0 Å². The van der Waals surface area contributed by atoms with Gasteiger partial charge in [0.05, 0.1) is 5.69 Å². The highest BCUT2D eigenvalue weighted by molar-refractivity contribution is 5.88. The van der Waals surface area contributed by atoms with E-state index in [0.29, 0.717) is 17.5 Å². The Morgan fingerprint density at radius 1 is 0.342 bits per heavy atom. The van der Waals surface area contributed by atoms with Crippen LogP contribution in [0.2, 0.25) is 0 Å². The third kappa shape index (κ3) is 4.18. The number of hydrogen-bond acceptors (Lipinski definition) is 4. The molecule has 0 atom stereocenters. The van der Waals surface area contributed by atoms with Crippen LogP contribution in [0.3, 0.4) is 0 Å². The van der Waals surface area contributed by atoms with Crippen LogP contribution in [-0.2, 0) is 0 Å². The van der Waals surface area contributed by atoms with Gasteiger partial charge in [-0.05, 0) is 51.9 Å². The van der Waals surface area contributed by atoms with Crippen molar-refractivity contribution >= 4 is 21.5 Å². The van der Waals surface area contributed by atoms with Crippen molar-refractivity contribution < 1.29 is 0 Å². The van der Waals surface area contributed by atoms with Crippen LogP contribution in [-0.4, -0.2) is 19.9 Å². The first kappa shape index (κ1) is 22.0. The lowest BCUT2D eigenvalue weighted by Crippen LogP contribution is -2.00. The summed E-state index contributed by atoms with van der Waals surface area (Å²) in [5.74, 6) is 1.92. The zero-order valence-corrected chi connectivity index (χ0v) is 20.5. The minimum absolute atomic E-state index is 0.629. The molecule has 0 aliphatic heterocycles. The molecule has 0 N–H and O–H groups in total.